The Kier molecular flexibility index (Phi) is 5.69. The molecule has 0 fully saturated rings. The number of rotatable bonds is 5. The molecule has 0 radical (unpaired) electrons. The lowest BCUT2D eigenvalue weighted by atomic mass is 10.1. The van der Waals surface area contributed by atoms with Crippen molar-refractivity contribution in [2.24, 2.45) is 0 Å². The van der Waals surface area contributed by atoms with Crippen molar-refractivity contribution >= 4 is 23.4 Å². The number of methoxy groups -OCH3 is 1. The lowest BCUT2D eigenvalue weighted by molar-refractivity contribution is -0.150. The molecule has 2 aromatic rings. The molecule has 0 saturated carbocycles. The van der Waals surface area contributed by atoms with Crippen LogP contribution in [-0.2, 0) is 9.53 Å². The molecule has 2 atom stereocenters. The number of aliphatic hydroxyl groups excluding tert-OH is 1. The Bertz CT molecular complexity index is 685. The van der Waals surface area contributed by atoms with Crippen molar-refractivity contribution in [2.45, 2.75) is 30.1 Å². The Morgan fingerprint density at radius 3 is 2.35 bits per heavy atom. The third-order valence-corrected chi connectivity index (χ3v) is 4.95. The number of carbonyl (C=O) groups excluding carboxylic acids is 1. The second-order valence-electron chi connectivity index (χ2n) is 5.46. The van der Waals surface area contributed by atoms with Crippen molar-refractivity contribution in [1.82, 2.24) is 0 Å². The molecule has 23 heavy (non-hydrogen) atoms. The number of anilines is 1. The lowest BCUT2D eigenvalue weighted by Gasteiger charge is -2.22. The number of aliphatic hydroxyl groups is 1. The summed E-state index contributed by atoms with van der Waals surface area (Å²) in [5.41, 5.74) is 9.67. The number of benzene rings is 2. The van der Waals surface area contributed by atoms with E-state index in [0.717, 1.165) is 21.6 Å². The van der Waals surface area contributed by atoms with Gasteiger partial charge in [0, 0.05) is 10.6 Å². The highest BCUT2D eigenvalue weighted by atomic mass is 32.2. The Morgan fingerprint density at radius 1 is 1.13 bits per heavy atom. The summed E-state index contributed by atoms with van der Waals surface area (Å²) in [6.07, 6.45) is -1.27. The SMILES string of the molecule is COC(=O)C(O)C(Sc1cc(C)ccc1N)c1ccc(C)cc1. The van der Waals surface area contributed by atoms with Crippen LogP contribution < -0.4 is 5.73 Å². The van der Waals surface area contributed by atoms with E-state index in [-0.39, 0.29) is 0 Å². The van der Waals surface area contributed by atoms with Crippen LogP contribution in [0.2, 0.25) is 0 Å². The maximum Gasteiger partial charge on any atom is 0.336 e. The van der Waals surface area contributed by atoms with Gasteiger partial charge in [-0.2, -0.15) is 0 Å². The summed E-state index contributed by atoms with van der Waals surface area (Å²) >= 11 is 1.36. The fraction of sp³-hybridized carbons (Fsp3) is 0.278. The van der Waals surface area contributed by atoms with Crippen molar-refractivity contribution in [1.29, 1.82) is 0 Å². The van der Waals surface area contributed by atoms with Crippen molar-refractivity contribution in [3.05, 3.63) is 59.2 Å². The van der Waals surface area contributed by atoms with E-state index in [4.69, 9.17) is 10.5 Å². The van der Waals surface area contributed by atoms with Gasteiger partial charge in [-0.05, 0) is 37.1 Å². The van der Waals surface area contributed by atoms with E-state index in [0.29, 0.717) is 5.69 Å². The first-order valence-corrected chi connectivity index (χ1v) is 8.15. The quantitative estimate of drug-likeness (QED) is 0.500. The normalized spacial score (nSPS) is 13.4. The zero-order chi connectivity index (χ0) is 17.0. The summed E-state index contributed by atoms with van der Waals surface area (Å²) in [6.45, 7) is 3.96. The molecule has 0 aliphatic heterocycles. The first-order chi connectivity index (χ1) is 10.9. The molecular formula is C18H21NO3S. The largest absolute Gasteiger partial charge is 0.467 e. The molecular weight excluding hydrogens is 310 g/mol. The maximum atomic E-state index is 11.8. The number of carbonyl (C=O) groups is 1. The molecule has 0 bridgehead atoms. The fourth-order valence-electron chi connectivity index (χ4n) is 2.20. The van der Waals surface area contributed by atoms with Crippen molar-refractivity contribution < 1.29 is 14.6 Å². The molecule has 2 aromatic carbocycles. The molecule has 4 nitrogen and oxygen atoms in total. The van der Waals surface area contributed by atoms with Crippen LogP contribution in [0.1, 0.15) is 21.9 Å². The monoisotopic (exact) mass is 331 g/mol. The van der Waals surface area contributed by atoms with Gasteiger partial charge >= 0.3 is 5.97 Å². The average Bonchev–Trinajstić information content (AvgIpc) is 2.55. The minimum absolute atomic E-state index is 0.493. The van der Waals surface area contributed by atoms with Gasteiger partial charge < -0.3 is 15.6 Å². The molecule has 2 rings (SSSR count). The van der Waals surface area contributed by atoms with Gasteiger partial charge in [0.1, 0.15) is 0 Å². The highest BCUT2D eigenvalue weighted by Crippen LogP contribution is 2.41. The van der Waals surface area contributed by atoms with E-state index < -0.39 is 17.3 Å². The van der Waals surface area contributed by atoms with Crippen LogP contribution in [-0.4, -0.2) is 24.3 Å². The molecule has 0 aliphatic rings. The highest BCUT2D eigenvalue weighted by molar-refractivity contribution is 7.99. The van der Waals surface area contributed by atoms with E-state index >= 15 is 0 Å². The van der Waals surface area contributed by atoms with E-state index in [2.05, 4.69) is 0 Å². The molecule has 0 aromatic heterocycles. The van der Waals surface area contributed by atoms with Crippen LogP contribution in [0.25, 0.3) is 0 Å². The number of esters is 1. The van der Waals surface area contributed by atoms with Crippen molar-refractivity contribution in [3.63, 3.8) is 0 Å². The van der Waals surface area contributed by atoms with Gasteiger partial charge in [-0.25, -0.2) is 4.79 Å². The lowest BCUT2D eigenvalue weighted by Crippen LogP contribution is -2.27. The number of nitrogens with two attached hydrogens (primary N) is 1. The molecule has 122 valence electrons. The summed E-state index contributed by atoms with van der Waals surface area (Å²) in [4.78, 5) is 12.7. The van der Waals surface area contributed by atoms with Gasteiger partial charge in [0.15, 0.2) is 6.10 Å². The molecule has 0 amide bonds. The minimum atomic E-state index is -1.27. The third-order valence-electron chi connectivity index (χ3n) is 3.56. The van der Waals surface area contributed by atoms with E-state index in [1.807, 2.05) is 56.3 Å². The molecule has 0 spiro atoms. The number of aryl methyl sites for hydroxylation is 2. The molecule has 0 heterocycles. The minimum Gasteiger partial charge on any atom is -0.467 e. The number of hydrogen-bond donors (Lipinski definition) is 2. The van der Waals surface area contributed by atoms with Gasteiger partial charge in [0.25, 0.3) is 0 Å². The zero-order valence-corrected chi connectivity index (χ0v) is 14.3. The van der Waals surface area contributed by atoms with Gasteiger partial charge in [-0.15, -0.1) is 11.8 Å². The number of hydrogen-bond acceptors (Lipinski definition) is 5. The predicted molar refractivity (Wildman–Crippen MR) is 93.4 cm³/mol. The van der Waals surface area contributed by atoms with Crippen molar-refractivity contribution in [2.75, 3.05) is 12.8 Å². The van der Waals surface area contributed by atoms with Crippen LogP contribution in [0.15, 0.2) is 47.4 Å². The molecule has 3 N–H and O–H groups in total. The molecule has 2 unspecified atom stereocenters. The highest BCUT2D eigenvalue weighted by Gasteiger charge is 2.30. The number of nitrogen functional groups attached to an aromatic ring is 1. The summed E-state index contributed by atoms with van der Waals surface area (Å²) < 4.78 is 4.70. The standard InChI is InChI=1S/C18H21NO3S/c1-11-4-7-13(8-5-11)17(16(20)18(21)22-3)23-15-10-12(2)6-9-14(15)19/h4-10,16-17,20H,19H2,1-3H3. The fourth-order valence-corrected chi connectivity index (χ4v) is 3.46. The number of thioether (sulfide) groups is 1. The van der Waals surface area contributed by atoms with Crippen LogP contribution in [0, 0.1) is 13.8 Å². The topological polar surface area (TPSA) is 72.5 Å². The third kappa shape index (κ3) is 4.27. The Morgan fingerprint density at radius 2 is 1.74 bits per heavy atom. The summed E-state index contributed by atoms with van der Waals surface area (Å²) in [6, 6.07) is 13.4. The van der Waals surface area contributed by atoms with Crippen LogP contribution >= 0.6 is 11.8 Å². The molecule has 0 aliphatic carbocycles. The van der Waals surface area contributed by atoms with E-state index in [1.54, 1.807) is 0 Å². The first kappa shape index (κ1) is 17.4. The zero-order valence-electron chi connectivity index (χ0n) is 13.4. The summed E-state index contributed by atoms with van der Waals surface area (Å²) in [7, 11) is 1.27. The predicted octanol–water partition coefficient (Wildman–Crippen LogP) is 3.25. The molecule has 0 saturated heterocycles. The van der Waals surface area contributed by atoms with Gasteiger partial charge in [-0.3, -0.25) is 0 Å². The summed E-state index contributed by atoms with van der Waals surface area (Å²) in [5.74, 6) is -0.658. The summed E-state index contributed by atoms with van der Waals surface area (Å²) in [5, 5.41) is 9.89. The molecule has 5 heteroatoms. The second-order valence-corrected chi connectivity index (χ2v) is 6.64. The average molecular weight is 331 g/mol. The van der Waals surface area contributed by atoms with Gasteiger partial charge in [0.2, 0.25) is 0 Å². The number of ether oxygens (including phenoxy) is 1. The smallest absolute Gasteiger partial charge is 0.336 e. The van der Waals surface area contributed by atoms with Crippen molar-refractivity contribution in [3.8, 4) is 0 Å². The second kappa shape index (κ2) is 7.53. The Hall–Kier alpha value is -1.98. The first-order valence-electron chi connectivity index (χ1n) is 7.27. The Balaban J connectivity index is 2.38. The van der Waals surface area contributed by atoms with E-state index in [1.165, 1.54) is 18.9 Å². The van der Waals surface area contributed by atoms with Crippen LogP contribution in [0.5, 0.6) is 0 Å². The van der Waals surface area contributed by atoms with Crippen LogP contribution in [0.3, 0.4) is 0 Å². The van der Waals surface area contributed by atoms with Gasteiger partial charge in [0.05, 0.1) is 12.4 Å². The van der Waals surface area contributed by atoms with Gasteiger partial charge in [-0.1, -0.05) is 35.9 Å². The van der Waals surface area contributed by atoms with E-state index in [9.17, 15) is 9.90 Å². The van der Waals surface area contributed by atoms with Crippen LogP contribution in [0.4, 0.5) is 5.69 Å². The Labute approximate surface area is 140 Å². The maximum absolute atomic E-state index is 11.8.